The summed E-state index contributed by atoms with van der Waals surface area (Å²) >= 11 is 0. The standard InChI is InChI=1S/C30H19NO/c1-3-7-19(8-4-1)21-11-13-27-23(15-21)24-17-26-25-16-22(20-9-5-2-6-10-20)12-14-29(25)32-30(26)18-28(24)31-27/h1-18,31H. The molecule has 0 aliphatic rings. The topological polar surface area (TPSA) is 28.9 Å². The van der Waals surface area contributed by atoms with Gasteiger partial charge in [-0.2, -0.15) is 0 Å². The molecule has 2 heterocycles. The van der Waals surface area contributed by atoms with Gasteiger partial charge in [0.05, 0.1) is 5.52 Å². The fraction of sp³-hybridized carbons (Fsp3) is 0. The van der Waals surface area contributed by atoms with Gasteiger partial charge >= 0.3 is 0 Å². The molecule has 0 amide bonds. The number of nitrogens with one attached hydrogen (secondary N) is 1. The molecular weight excluding hydrogens is 390 g/mol. The van der Waals surface area contributed by atoms with Crippen molar-refractivity contribution in [3.63, 3.8) is 0 Å². The fourth-order valence-electron chi connectivity index (χ4n) is 4.79. The summed E-state index contributed by atoms with van der Waals surface area (Å²) < 4.78 is 6.22. The molecule has 1 N–H and O–H groups in total. The largest absolute Gasteiger partial charge is 0.456 e. The molecule has 0 fully saturated rings. The van der Waals surface area contributed by atoms with Crippen LogP contribution in [0.3, 0.4) is 0 Å². The number of hydrogen-bond acceptors (Lipinski definition) is 1. The zero-order valence-electron chi connectivity index (χ0n) is 17.3. The van der Waals surface area contributed by atoms with Crippen molar-refractivity contribution in [1.29, 1.82) is 0 Å². The van der Waals surface area contributed by atoms with Crippen LogP contribution in [0.1, 0.15) is 0 Å². The third-order valence-electron chi connectivity index (χ3n) is 6.40. The Morgan fingerprint density at radius 1 is 0.406 bits per heavy atom. The van der Waals surface area contributed by atoms with Crippen LogP contribution < -0.4 is 0 Å². The van der Waals surface area contributed by atoms with E-state index in [2.05, 4.69) is 108 Å². The van der Waals surface area contributed by atoms with Crippen LogP contribution >= 0.6 is 0 Å². The molecule has 7 aromatic rings. The van der Waals surface area contributed by atoms with Gasteiger partial charge in [0, 0.05) is 33.1 Å². The molecule has 0 atom stereocenters. The third-order valence-corrected chi connectivity index (χ3v) is 6.40. The first kappa shape index (κ1) is 17.4. The highest BCUT2D eigenvalue weighted by molar-refractivity contribution is 6.17. The van der Waals surface area contributed by atoms with Gasteiger partial charge in [-0.3, -0.25) is 0 Å². The maximum Gasteiger partial charge on any atom is 0.137 e. The van der Waals surface area contributed by atoms with Crippen molar-refractivity contribution < 1.29 is 4.42 Å². The fourth-order valence-corrected chi connectivity index (χ4v) is 4.79. The normalized spacial score (nSPS) is 11.8. The number of hydrogen-bond donors (Lipinski definition) is 1. The van der Waals surface area contributed by atoms with E-state index in [0.717, 1.165) is 33.0 Å². The number of H-pyrrole nitrogens is 1. The van der Waals surface area contributed by atoms with E-state index in [1.54, 1.807) is 0 Å². The van der Waals surface area contributed by atoms with Crippen LogP contribution in [0, 0.1) is 0 Å². The number of rotatable bonds is 2. The van der Waals surface area contributed by atoms with Crippen molar-refractivity contribution in [2.75, 3.05) is 0 Å². The quantitative estimate of drug-likeness (QED) is 0.304. The van der Waals surface area contributed by atoms with Crippen LogP contribution in [-0.2, 0) is 0 Å². The molecule has 32 heavy (non-hydrogen) atoms. The second kappa shape index (κ2) is 6.60. The number of furan rings is 1. The van der Waals surface area contributed by atoms with E-state index in [0.29, 0.717) is 0 Å². The molecule has 2 nitrogen and oxygen atoms in total. The van der Waals surface area contributed by atoms with E-state index in [9.17, 15) is 0 Å². The Balaban J connectivity index is 1.48. The van der Waals surface area contributed by atoms with Gasteiger partial charge in [0.25, 0.3) is 0 Å². The molecule has 0 spiro atoms. The van der Waals surface area contributed by atoms with E-state index >= 15 is 0 Å². The maximum absolute atomic E-state index is 6.22. The smallest absolute Gasteiger partial charge is 0.137 e. The molecule has 0 unspecified atom stereocenters. The summed E-state index contributed by atoms with van der Waals surface area (Å²) in [5, 5.41) is 4.75. The van der Waals surface area contributed by atoms with E-state index in [4.69, 9.17) is 4.42 Å². The summed E-state index contributed by atoms with van der Waals surface area (Å²) in [6, 6.07) is 38.5. The SMILES string of the molecule is c1ccc(-c2ccc3[nH]c4cc5oc6ccc(-c7ccccc7)cc6c5cc4c3c2)cc1. The van der Waals surface area contributed by atoms with Crippen LogP contribution in [0.4, 0.5) is 0 Å². The summed E-state index contributed by atoms with van der Waals surface area (Å²) in [4.78, 5) is 3.57. The lowest BCUT2D eigenvalue weighted by Gasteiger charge is -2.02. The molecule has 5 aromatic carbocycles. The van der Waals surface area contributed by atoms with Gasteiger partial charge in [-0.25, -0.2) is 0 Å². The Hall–Kier alpha value is -4.30. The lowest BCUT2D eigenvalue weighted by Crippen LogP contribution is -1.77. The predicted molar refractivity (Wildman–Crippen MR) is 134 cm³/mol. The van der Waals surface area contributed by atoms with Gasteiger partial charge in [-0.1, -0.05) is 72.8 Å². The summed E-state index contributed by atoms with van der Waals surface area (Å²) in [7, 11) is 0. The highest BCUT2D eigenvalue weighted by Crippen LogP contribution is 2.37. The first-order valence-electron chi connectivity index (χ1n) is 10.9. The van der Waals surface area contributed by atoms with Gasteiger partial charge in [0.15, 0.2) is 0 Å². The molecule has 0 radical (unpaired) electrons. The van der Waals surface area contributed by atoms with Crippen LogP contribution in [-0.4, -0.2) is 4.98 Å². The average molecular weight is 409 g/mol. The Labute approximate surface area is 184 Å². The minimum Gasteiger partial charge on any atom is -0.456 e. The predicted octanol–water partition coefficient (Wildman–Crippen LogP) is 8.55. The summed E-state index contributed by atoms with van der Waals surface area (Å²) in [6.07, 6.45) is 0. The highest BCUT2D eigenvalue weighted by atomic mass is 16.3. The van der Waals surface area contributed by atoms with Gasteiger partial charge in [0.1, 0.15) is 11.2 Å². The van der Waals surface area contributed by atoms with Gasteiger partial charge in [-0.15, -0.1) is 0 Å². The molecule has 0 bridgehead atoms. The average Bonchev–Trinajstić information content (AvgIpc) is 3.40. The van der Waals surface area contributed by atoms with E-state index in [1.165, 1.54) is 33.0 Å². The van der Waals surface area contributed by atoms with E-state index in [-0.39, 0.29) is 0 Å². The maximum atomic E-state index is 6.22. The Morgan fingerprint density at radius 2 is 1.00 bits per heavy atom. The number of aromatic amines is 1. The van der Waals surface area contributed by atoms with Crippen molar-refractivity contribution in [3.8, 4) is 22.3 Å². The van der Waals surface area contributed by atoms with E-state index in [1.807, 2.05) is 6.07 Å². The second-order valence-electron chi connectivity index (χ2n) is 8.32. The molecule has 0 saturated carbocycles. The molecule has 0 aliphatic heterocycles. The van der Waals surface area contributed by atoms with Crippen molar-refractivity contribution in [2.24, 2.45) is 0 Å². The van der Waals surface area contributed by atoms with Crippen LogP contribution in [0.2, 0.25) is 0 Å². The molecule has 7 rings (SSSR count). The van der Waals surface area contributed by atoms with Crippen molar-refractivity contribution in [3.05, 3.63) is 109 Å². The molecule has 2 aromatic heterocycles. The van der Waals surface area contributed by atoms with Crippen LogP contribution in [0.15, 0.2) is 114 Å². The van der Waals surface area contributed by atoms with Gasteiger partial charge < -0.3 is 9.40 Å². The first-order valence-corrected chi connectivity index (χ1v) is 10.9. The molecule has 2 heteroatoms. The lowest BCUT2D eigenvalue weighted by molar-refractivity contribution is 0.669. The minimum absolute atomic E-state index is 0.910. The monoisotopic (exact) mass is 409 g/mol. The first-order chi connectivity index (χ1) is 15.8. The number of benzene rings is 5. The Morgan fingerprint density at radius 3 is 1.72 bits per heavy atom. The Kier molecular flexibility index (Phi) is 3.58. The van der Waals surface area contributed by atoms with E-state index < -0.39 is 0 Å². The van der Waals surface area contributed by atoms with Gasteiger partial charge in [0.2, 0.25) is 0 Å². The second-order valence-corrected chi connectivity index (χ2v) is 8.32. The molecule has 150 valence electrons. The third kappa shape index (κ3) is 2.60. The minimum atomic E-state index is 0.910. The number of aromatic nitrogens is 1. The highest BCUT2D eigenvalue weighted by Gasteiger charge is 2.13. The summed E-state index contributed by atoms with van der Waals surface area (Å²) in [6.45, 7) is 0. The van der Waals surface area contributed by atoms with Gasteiger partial charge in [-0.05, 0) is 52.6 Å². The van der Waals surface area contributed by atoms with Crippen LogP contribution in [0.5, 0.6) is 0 Å². The molecular formula is C30H19NO. The zero-order chi connectivity index (χ0) is 21.1. The molecule has 0 aliphatic carbocycles. The molecule has 0 saturated heterocycles. The zero-order valence-corrected chi connectivity index (χ0v) is 17.3. The number of fused-ring (bicyclic) bond motifs is 6. The van der Waals surface area contributed by atoms with Crippen molar-refractivity contribution >= 4 is 43.7 Å². The Bertz CT molecular complexity index is 1630. The lowest BCUT2D eigenvalue weighted by atomic mass is 10.0. The summed E-state index contributed by atoms with van der Waals surface area (Å²) in [5.41, 5.74) is 8.93. The van der Waals surface area contributed by atoms with Crippen LogP contribution in [0.25, 0.3) is 66.0 Å². The summed E-state index contributed by atoms with van der Waals surface area (Å²) in [5.74, 6) is 0. The van der Waals surface area contributed by atoms with Crippen molar-refractivity contribution in [2.45, 2.75) is 0 Å². The van der Waals surface area contributed by atoms with Crippen molar-refractivity contribution in [1.82, 2.24) is 4.98 Å².